The van der Waals surface area contributed by atoms with Gasteiger partial charge in [-0.1, -0.05) is 42.5 Å². The van der Waals surface area contributed by atoms with Crippen molar-refractivity contribution < 1.29 is 42.9 Å². The van der Waals surface area contributed by atoms with Crippen LogP contribution in [0.1, 0.15) is 42.7 Å². The number of piperidine rings is 2. The molecule has 3 saturated heterocycles. The molecule has 3 aromatic carbocycles. The van der Waals surface area contributed by atoms with E-state index in [2.05, 4.69) is 67.3 Å². The third-order valence-electron chi connectivity index (χ3n) is 10.9. The second-order valence-electron chi connectivity index (χ2n) is 14.8. The lowest BCUT2D eigenvalue weighted by molar-refractivity contribution is -0.383. The number of nitrogens with one attached hydrogen (secondary N) is 3. The Morgan fingerprint density at radius 2 is 1.64 bits per heavy atom. The van der Waals surface area contributed by atoms with Gasteiger partial charge in [0.2, 0.25) is 17.3 Å². The number of carbonyl (C=O) groups excluding carboxylic acids is 3. The van der Waals surface area contributed by atoms with Gasteiger partial charge in [-0.15, -0.1) is 0 Å². The zero-order valence-electron chi connectivity index (χ0n) is 32.8. The minimum Gasteiger partial charge on any atom is -0.492 e. The van der Waals surface area contributed by atoms with Crippen molar-refractivity contribution in [1.82, 2.24) is 30.7 Å². The highest BCUT2D eigenvalue weighted by molar-refractivity contribution is 5.93. The van der Waals surface area contributed by atoms with Crippen LogP contribution in [-0.4, -0.2) is 134 Å². The van der Waals surface area contributed by atoms with Crippen LogP contribution < -0.4 is 20.7 Å². The Labute approximate surface area is 341 Å². The summed E-state index contributed by atoms with van der Waals surface area (Å²) < 4.78 is 27.5. The SMILES string of the molecule is O=C(CCOCCOCCNc1ccc([N+](=O)[O-])c2nonc12)NCCOc1cccc(C(c2ccccc2)C2CCN(C(=O)N3CC[C@@H]4OCC(=O)N[C@@H]4C3)CC2)c1. The van der Waals surface area contributed by atoms with Crippen LogP contribution in [0.5, 0.6) is 5.75 Å². The van der Waals surface area contributed by atoms with E-state index in [1.54, 1.807) is 6.07 Å². The molecule has 4 aromatic rings. The van der Waals surface area contributed by atoms with Crippen molar-refractivity contribution in [3.05, 3.63) is 88.0 Å². The van der Waals surface area contributed by atoms with Crippen LogP contribution in [0, 0.1) is 16.0 Å². The van der Waals surface area contributed by atoms with E-state index >= 15 is 0 Å². The molecule has 314 valence electrons. The van der Waals surface area contributed by atoms with Crippen molar-refractivity contribution in [2.24, 2.45) is 5.92 Å². The first-order valence-electron chi connectivity index (χ1n) is 20.1. The molecule has 4 heterocycles. The molecule has 0 aliphatic carbocycles. The number of carbonyl (C=O) groups is 3. The highest BCUT2D eigenvalue weighted by Crippen LogP contribution is 2.39. The van der Waals surface area contributed by atoms with E-state index in [1.807, 2.05) is 28.0 Å². The highest BCUT2D eigenvalue weighted by atomic mass is 16.6. The lowest BCUT2D eigenvalue weighted by Gasteiger charge is -2.44. The van der Waals surface area contributed by atoms with E-state index in [-0.39, 0.29) is 72.3 Å². The zero-order valence-corrected chi connectivity index (χ0v) is 32.8. The summed E-state index contributed by atoms with van der Waals surface area (Å²) in [5.74, 6) is 0.891. The summed E-state index contributed by atoms with van der Waals surface area (Å²) in [5, 5.41) is 27.5. The smallest absolute Gasteiger partial charge is 0.320 e. The van der Waals surface area contributed by atoms with Gasteiger partial charge in [-0.25, -0.2) is 9.42 Å². The number of rotatable bonds is 18. The van der Waals surface area contributed by atoms with E-state index in [0.717, 1.165) is 24.2 Å². The molecule has 18 nitrogen and oxygen atoms in total. The average Bonchev–Trinajstić information content (AvgIpc) is 3.75. The molecule has 18 heteroatoms. The second kappa shape index (κ2) is 20.2. The third kappa shape index (κ3) is 10.8. The number of nitro groups is 1. The predicted molar refractivity (Wildman–Crippen MR) is 214 cm³/mol. The monoisotopic (exact) mass is 814 g/mol. The van der Waals surface area contributed by atoms with E-state index in [1.165, 1.54) is 11.6 Å². The Bertz CT molecular complexity index is 2040. The quantitative estimate of drug-likeness (QED) is 0.0744. The number of nitrogens with zero attached hydrogens (tertiary/aromatic N) is 5. The van der Waals surface area contributed by atoms with Gasteiger partial charge < -0.3 is 44.7 Å². The van der Waals surface area contributed by atoms with E-state index in [4.69, 9.17) is 18.9 Å². The lowest BCUT2D eigenvalue weighted by Crippen LogP contribution is -2.62. The molecule has 3 aliphatic rings. The molecule has 3 fully saturated rings. The number of non-ortho nitro benzene ring substituents is 1. The molecule has 1 aromatic heterocycles. The molecule has 4 amide bonds. The zero-order chi connectivity index (χ0) is 41.0. The molecule has 3 N–H and O–H groups in total. The highest BCUT2D eigenvalue weighted by Gasteiger charge is 2.39. The van der Waals surface area contributed by atoms with E-state index in [0.29, 0.717) is 83.7 Å². The molecule has 3 atom stereocenters. The molecular weight excluding hydrogens is 764 g/mol. The first-order valence-corrected chi connectivity index (χ1v) is 20.1. The molecule has 59 heavy (non-hydrogen) atoms. The molecular formula is C41H50N8O10. The minimum absolute atomic E-state index is 0.0249. The van der Waals surface area contributed by atoms with Crippen LogP contribution in [0.2, 0.25) is 0 Å². The number of amides is 4. The summed E-state index contributed by atoms with van der Waals surface area (Å²) in [5.41, 5.74) is 3.08. The average molecular weight is 815 g/mol. The first kappa shape index (κ1) is 41.3. The van der Waals surface area contributed by atoms with Gasteiger partial charge in [-0.3, -0.25) is 19.7 Å². The number of hydrogen-bond acceptors (Lipinski definition) is 13. The summed E-state index contributed by atoms with van der Waals surface area (Å²) in [6, 6.07) is 21.3. The minimum atomic E-state index is -0.539. The van der Waals surface area contributed by atoms with Gasteiger partial charge in [0.15, 0.2) is 5.52 Å². The van der Waals surface area contributed by atoms with Gasteiger partial charge in [0.1, 0.15) is 19.0 Å². The molecule has 1 unspecified atom stereocenters. The van der Waals surface area contributed by atoms with Crippen molar-refractivity contribution in [1.29, 1.82) is 0 Å². The van der Waals surface area contributed by atoms with Crippen LogP contribution in [0.4, 0.5) is 16.2 Å². The lowest BCUT2D eigenvalue weighted by atomic mass is 9.76. The van der Waals surface area contributed by atoms with Crippen LogP contribution in [0.15, 0.2) is 71.4 Å². The number of morpholine rings is 1. The summed E-state index contributed by atoms with van der Waals surface area (Å²) >= 11 is 0. The maximum Gasteiger partial charge on any atom is 0.320 e. The van der Waals surface area contributed by atoms with Crippen molar-refractivity contribution in [3.63, 3.8) is 0 Å². The van der Waals surface area contributed by atoms with Crippen LogP contribution in [0.25, 0.3) is 11.0 Å². The largest absolute Gasteiger partial charge is 0.492 e. The van der Waals surface area contributed by atoms with Gasteiger partial charge in [-0.2, -0.15) is 0 Å². The van der Waals surface area contributed by atoms with Crippen LogP contribution in [0.3, 0.4) is 0 Å². The normalized spacial score (nSPS) is 18.8. The predicted octanol–water partition coefficient (Wildman–Crippen LogP) is 3.71. The third-order valence-corrected chi connectivity index (χ3v) is 10.9. The maximum atomic E-state index is 13.6. The number of ether oxygens (including phenoxy) is 4. The Morgan fingerprint density at radius 1 is 0.881 bits per heavy atom. The number of aromatic nitrogens is 2. The number of likely N-dealkylation sites (tertiary alicyclic amines) is 2. The van der Waals surface area contributed by atoms with Crippen molar-refractivity contribution in [2.75, 3.05) is 84.2 Å². The molecule has 0 saturated carbocycles. The fraction of sp³-hybridized carbons (Fsp3) is 0.488. The second-order valence-corrected chi connectivity index (χ2v) is 14.8. The Kier molecular flexibility index (Phi) is 14.2. The van der Waals surface area contributed by atoms with Crippen LogP contribution >= 0.6 is 0 Å². The summed E-state index contributed by atoms with van der Waals surface area (Å²) in [6.07, 6.45) is 2.59. The topological polar surface area (TPSA) is 213 Å². The van der Waals surface area contributed by atoms with Crippen molar-refractivity contribution in [2.45, 2.75) is 43.7 Å². The molecule has 0 radical (unpaired) electrons. The molecule has 0 bridgehead atoms. The fourth-order valence-electron chi connectivity index (χ4n) is 8.03. The van der Waals surface area contributed by atoms with Gasteiger partial charge >= 0.3 is 11.7 Å². The molecule has 7 rings (SSSR count). The Morgan fingerprint density at radius 3 is 2.46 bits per heavy atom. The summed E-state index contributed by atoms with van der Waals surface area (Å²) in [6.45, 7) is 4.82. The number of nitro benzene ring substituents is 1. The van der Waals surface area contributed by atoms with Crippen molar-refractivity contribution >= 4 is 40.3 Å². The first-order chi connectivity index (χ1) is 28.8. The Balaban J connectivity index is 0.790. The molecule has 3 aliphatic heterocycles. The van der Waals surface area contributed by atoms with E-state index < -0.39 is 4.92 Å². The van der Waals surface area contributed by atoms with Gasteiger partial charge in [0.25, 0.3) is 0 Å². The van der Waals surface area contributed by atoms with Crippen molar-refractivity contribution in [3.8, 4) is 5.75 Å². The number of fused-ring (bicyclic) bond motifs is 2. The number of urea groups is 1. The molecule has 0 spiro atoms. The standard InChI is InChI=1S/C41H50N8O10/c50-36(14-20-55-23-24-56-21-15-42-32-9-10-34(49(53)54)40-39(32)45-59-46-40)43-16-22-57-31-8-4-7-30(25-31)38(28-5-2-1-3-6-28)29-11-17-47(18-12-29)41(52)48-19-13-35-33(26-48)44-37(51)27-58-35/h1-10,25,29,33,35,38,42H,11-24,26-27H2,(H,43,50)(H,44,51)/t33-,35+,38?/m1/s1. The number of benzene rings is 3. The number of anilines is 1. The van der Waals surface area contributed by atoms with Crippen LogP contribution in [-0.2, 0) is 23.8 Å². The van der Waals surface area contributed by atoms with Gasteiger partial charge in [0, 0.05) is 51.1 Å². The number of hydrogen-bond donors (Lipinski definition) is 3. The summed E-state index contributed by atoms with van der Waals surface area (Å²) in [4.78, 5) is 52.3. The van der Waals surface area contributed by atoms with E-state index in [9.17, 15) is 24.5 Å². The Hall–Kier alpha value is -5.85. The van der Waals surface area contributed by atoms with Gasteiger partial charge in [0.05, 0.1) is 55.7 Å². The van der Waals surface area contributed by atoms with Gasteiger partial charge in [-0.05, 0) is 64.8 Å². The summed E-state index contributed by atoms with van der Waals surface area (Å²) in [7, 11) is 0. The fourth-order valence-corrected chi connectivity index (χ4v) is 8.03. The maximum absolute atomic E-state index is 13.6.